The van der Waals surface area contributed by atoms with Crippen LogP contribution in [0.5, 0.6) is 0 Å². The summed E-state index contributed by atoms with van der Waals surface area (Å²) in [5.41, 5.74) is 9.27. The van der Waals surface area contributed by atoms with Crippen molar-refractivity contribution in [1.29, 1.82) is 0 Å². The van der Waals surface area contributed by atoms with Crippen LogP contribution in [0.2, 0.25) is 0 Å². The Balaban J connectivity index is 0.00000578. The van der Waals surface area contributed by atoms with Gasteiger partial charge >= 0.3 is 17.1 Å². The van der Waals surface area contributed by atoms with Gasteiger partial charge in [0.1, 0.15) is 5.71 Å². The normalized spacial score (nSPS) is 14.8. The molecule has 1 heterocycles. The smallest absolute Gasteiger partial charge is 0.741 e. The van der Waals surface area contributed by atoms with Gasteiger partial charge in [-0.1, -0.05) is 30.3 Å². The van der Waals surface area contributed by atoms with E-state index in [0.717, 1.165) is 16.7 Å². The first-order valence-electron chi connectivity index (χ1n) is 10.2. The summed E-state index contributed by atoms with van der Waals surface area (Å²) < 4.78 is 0. The van der Waals surface area contributed by atoms with Crippen LogP contribution in [-0.4, -0.2) is 60.3 Å². The molecule has 0 saturated carbocycles. The molecule has 34 heavy (non-hydrogen) atoms. The number of nitrogens with one attached hydrogen (secondary N) is 3. The quantitative estimate of drug-likeness (QED) is 0.149. The van der Waals surface area contributed by atoms with E-state index in [9.17, 15) is 4.79 Å². The molecule has 0 unspecified atom stereocenters. The van der Waals surface area contributed by atoms with Crippen LogP contribution < -0.4 is 16.2 Å². The van der Waals surface area contributed by atoms with Crippen molar-refractivity contribution in [2.24, 2.45) is 20.2 Å². The molecule has 1 aliphatic rings. The van der Waals surface area contributed by atoms with Gasteiger partial charge in [-0.15, -0.1) is 0 Å². The van der Waals surface area contributed by atoms with Crippen molar-refractivity contribution < 1.29 is 21.9 Å². The molecule has 3 N–H and O–H groups in total. The Morgan fingerprint density at radius 3 is 2.26 bits per heavy atom. The SMILES string of the molecule is CN=C([S-])N/N=C(C)\C(=N/NC([S-])=NC)c1ccc(CCNC(=O)C2=CN(C)C=CC2)cc1.[Cu+2]. The second-order valence-corrected chi connectivity index (χ2v) is 7.82. The number of benzene rings is 1. The average Bonchev–Trinajstić information content (AvgIpc) is 2.83. The van der Waals surface area contributed by atoms with Gasteiger partial charge in [0.05, 0.1) is 5.71 Å². The minimum absolute atomic E-state index is 0. The molecule has 0 spiro atoms. The standard InChI is InChI=1S/C22H30N8OS2.Cu/c1-15(26-28-21(32)23-2)19(27-29-22(33)24-3)17-9-7-16(8-10-17)11-12-25-20(31)18-6-5-13-30(4)14-18;/h5,7-10,13-14H,6,11-12H2,1-4H3,(H,25,31)(H2,23,28,32)(H2,24,29,33);/q;+2/p-2/b26-15-,27-19+;. The van der Waals surface area contributed by atoms with Gasteiger partial charge in [-0.25, -0.2) is 0 Å². The summed E-state index contributed by atoms with van der Waals surface area (Å²) in [6.45, 7) is 2.34. The third-order valence-corrected chi connectivity index (χ3v) is 5.14. The number of hydrazone groups is 2. The van der Waals surface area contributed by atoms with E-state index in [1.165, 1.54) is 0 Å². The monoisotopic (exact) mass is 547 g/mol. The molecule has 185 valence electrons. The fourth-order valence-electron chi connectivity index (χ4n) is 2.84. The van der Waals surface area contributed by atoms with Crippen LogP contribution in [0.3, 0.4) is 0 Å². The van der Waals surface area contributed by atoms with E-state index in [1.807, 2.05) is 54.7 Å². The number of amides is 1. The van der Waals surface area contributed by atoms with Crippen LogP contribution >= 0.6 is 0 Å². The van der Waals surface area contributed by atoms with Crippen molar-refractivity contribution in [3.05, 3.63) is 59.4 Å². The molecular weight excluding hydrogens is 520 g/mol. The largest absolute Gasteiger partial charge is 2.00 e. The molecule has 9 nitrogen and oxygen atoms in total. The molecule has 0 saturated heterocycles. The summed E-state index contributed by atoms with van der Waals surface area (Å²) in [5.74, 6) is -0.0447. The van der Waals surface area contributed by atoms with Crippen LogP contribution in [0.25, 0.3) is 0 Å². The maximum Gasteiger partial charge on any atom is 2.00 e. The second kappa shape index (κ2) is 15.2. The van der Waals surface area contributed by atoms with Crippen LogP contribution in [0.4, 0.5) is 0 Å². The Morgan fingerprint density at radius 1 is 1.06 bits per heavy atom. The molecule has 0 aromatic heterocycles. The number of amidine groups is 2. The fraction of sp³-hybridized carbons (Fsp3) is 0.318. The summed E-state index contributed by atoms with van der Waals surface area (Å²) >= 11 is 10.1. The van der Waals surface area contributed by atoms with E-state index < -0.39 is 0 Å². The molecule has 1 radical (unpaired) electrons. The zero-order valence-corrected chi connectivity index (χ0v) is 22.0. The Labute approximate surface area is 222 Å². The summed E-state index contributed by atoms with van der Waals surface area (Å²) in [6.07, 6.45) is 7.09. The molecule has 1 aromatic carbocycles. The first-order chi connectivity index (χ1) is 15.8. The van der Waals surface area contributed by atoms with Gasteiger partial charge in [0.25, 0.3) is 0 Å². The van der Waals surface area contributed by atoms with Gasteiger partial charge in [0, 0.05) is 45.0 Å². The Morgan fingerprint density at radius 2 is 1.68 bits per heavy atom. The number of carbonyl (C=O) groups excluding carboxylic acids is 1. The summed E-state index contributed by atoms with van der Waals surface area (Å²) in [5, 5.41) is 12.1. The zero-order chi connectivity index (χ0) is 24.2. The van der Waals surface area contributed by atoms with E-state index in [2.05, 4.69) is 36.4 Å². The van der Waals surface area contributed by atoms with Crippen molar-refractivity contribution in [2.75, 3.05) is 27.7 Å². The summed E-state index contributed by atoms with van der Waals surface area (Å²) in [6, 6.07) is 7.86. The number of allylic oxidation sites excluding steroid dienone is 1. The van der Waals surface area contributed by atoms with Gasteiger partial charge < -0.3 is 35.5 Å². The van der Waals surface area contributed by atoms with Crippen molar-refractivity contribution in [3.63, 3.8) is 0 Å². The van der Waals surface area contributed by atoms with Crippen molar-refractivity contribution in [3.8, 4) is 0 Å². The maximum atomic E-state index is 12.3. The van der Waals surface area contributed by atoms with Gasteiger partial charge in [-0.3, -0.25) is 25.6 Å². The minimum atomic E-state index is -0.0447. The van der Waals surface area contributed by atoms with E-state index in [4.69, 9.17) is 25.3 Å². The summed E-state index contributed by atoms with van der Waals surface area (Å²) in [7, 11) is 5.07. The van der Waals surface area contributed by atoms with Gasteiger partial charge in [0.15, 0.2) is 0 Å². The van der Waals surface area contributed by atoms with Gasteiger partial charge in [-0.2, -0.15) is 10.2 Å². The Bertz CT molecular complexity index is 1020. The first kappa shape index (κ1) is 29.2. The molecule has 1 aliphatic heterocycles. The van der Waals surface area contributed by atoms with Gasteiger partial charge in [0.2, 0.25) is 5.91 Å². The molecule has 0 atom stereocenters. The number of aliphatic imine (C=N–C) groups is 2. The molecule has 0 bridgehead atoms. The minimum Gasteiger partial charge on any atom is -0.741 e. The second-order valence-electron chi connectivity index (χ2n) is 7.05. The van der Waals surface area contributed by atoms with Gasteiger partial charge in [-0.05, 0) is 41.9 Å². The molecule has 12 heteroatoms. The predicted molar refractivity (Wildman–Crippen MR) is 140 cm³/mol. The van der Waals surface area contributed by atoms with Crippen molar-refractivity contribution in [2.45, 2.75) is 19.8 Å². The zero-order valence-electron chi connectivity index (χ0n) is 19.4. The third-order valence-electron chi connectivity index (χ3n) is 4.59. The van der Waals surface area contributed by atoms with Crippen molar-refractivity contribution in [1.82, 2.24) is 21.1 Å². The first-order valence-corrected chi connectivity index (χ1v) is 11.0. The number of nitrogens with zero attached hydrogens (tertiary/aromatic N) is 5. The number of hydrogen-bond donors (Lipinski definition) is 3. The molecule has 2 rings (SSSR count). The predicted octanol–water partition coefficient (Wildman–Crippen LogP) is 1.40. The Kier molecular flexibility index (Phi) is 13.1. The third kappa shape index (κ3) is 9.60. The number of hydrogen-bond acceptors (Lipinski definition) is 8. The Hall–Kier alpha value is -2.79. The van der Waals surface area contributed by atoms with E-state index in [-0.39, 0.29) is 33.3 Å². The van der Waals surface area contributed by atoms with Crippen LogP contribution in [0, 0.1) is 0 Å². The van der Waals surface area contributed by atoms with E-state index in [0.29, 0.717) is 30.8 Å². The van der Waals surface area contributed by atoms with Crippen LogP contribution in [0.1, 0.15) is 24.5 Å². The number of rotatable bonds is 8. The van der Waals surface area contributed by atoms with E-state index >= 15 is 0 Å². The molecule has 1 amide bonds. The fourth-order valence-corrected chi connectivity index (χ4v) is 2.94. The average molecular weight is 548 g/mol. The van der Waals surface area contributed by atoms with Crippen LogP contribution in [-0.2, 0) is 53.5 Å². The summed E-state index contributed by atoms with van der Waals surface area (Å²) in [4.78, 5) is 21.9. The number of carbonyl (C=O) groups is 1. The maximum absolute atomic E-state index is 12.3. The molecular formula is C22H28CuN8OS2. The molecule has 0 aliphatic carbocycles. The van der Waals surface area contributed by atoms with E-state index in [1.54, 1.807) is 21.0 Å². The molecule has 1 aromatic rings. The van der Waals surface area contributed by atoms with Crippen LogP contribution in [0.15, 0.2) is 68.5 Å². The topological polar surface area (TPSA) is 106 Å². The van der Waals surface area contributed by atoms with Crippen molar-refractivity contribution >= 4 is 52.9 Å². The molecule has 0 fully saturated rings.